The van der Waals surface area contributed by atoms with Gasteiger partial charge in [0.05, 0.1) is 0 Å². The van der Waals surface area contributed by atoms with Crippen molar-refractivity contribution in [2.45, 2.75) is 13.8 Å². The molecule has 0 bridgehead atoms. The van der Waals surface area contributed by atoms with Crippen LogP contribution in [0.3, 0.4) is 0 Å². The first kappa shape index (κ1) is 13.0. The smallest absolute Gasteiger partial charge is 0 e. The number of hydrogen-bond acceptors (Lipinski definition) is 0. The maximum Gasteiger partial charge on any atom is 0 e. The summed E-state index contributed by atoms with van der Waals surface area (Å²) in [6.07, 6.45) is 0. The predicted molar refractivity (Wildman–Crippen MR) is 41.2 cm³/mol. The van der Waals surface area contributed by atoms with Crippen molar-refractivity contribution in [1.82, 2.24) is 0 Å². The molecule has 0 fully saturated rings. The topological polar surface area (TPSA) is 0 Å². The van der Waals surface area contributed by atoms with Gasteiger partial charge >= 0.3 is 0 Å². The second-order valence-electron chi connectivity index (χ2n) is 2.09. The Morgan fingerprint density at radius 1 is 1.10 bits per heavy atom. The molecule has 1 aromatic carbocycles. The van der Waals surface area contributed by atoms with Crippen molar-refractivity contribution in [3.8, 4) is 0 Å². The quantitative estimate of drug-likeness (QED) is 0.576. The molecule has 0 saturated heterocycles. The van der Waals surface area contributed by atoms with Crippen molar-refractivity contribution in [2.24, 2.45) is 0 Å². The molecule has 0 aliphatic rings. The van der Waals surface area contributed by atoms with E-state index >= 15 is 0 Å². The summed E-state index contributed by atoms with van der Waals surface area (Å²) >= 11 is 0. The van der Waals surface area contributed by atoms with Gasteiger partial charge in [-0.2, -0.15) is 35.4 Å². The van der Waals surface area contributed by atoms with Crippen molar-refractivity contribution >= 4 is 0 Å². The average molecular weight is 209 g/mol. The van der Waals surface area contributed by atoms with Gasteiger partial charge in [0.25, 0.3) is 0 Å². The second kappa shape index (κ2) is 6.06. The van der Waals surface area contributed by atoms with Crippen LogP contribution in [-0.2, 0) is 32.7 Å². The maximum absolute atomic E-state index is 3.03. The summed E-state index contributed by atoms with van der Waals surface area (Å²) in [5.41, 5.74) is 2.56. The molecular formula is C9H12Y-2. The van der Waals surface area contributed by atoms with Crippen molar-refractivity contribution in [3.63, 3.8) is 0 Å². The van der Waals surface area contributed by atoms with Gasteiger partial charge in [0.1, 0.15) is 0 Å². The Morgan fingerprint density at radius 2 is 1.50 bits per heavy atom. The third kappa shape index (κ3) is 4.19. The minimum atomic E-state index is 0. The van der Waals surface area contributed by atoms with Crippen LogP contribution in [0.1, 0.15) is 11.1 Å². The van der Waals surface area contributed by atoms with Gasteiger partial charge in [-0.25, -0.2) is 0 Å². The second-order valence-corrected chi connectivity index (χ2v) is 2.09. The zero-order chi connectivity index (χ0) is 5.98. The molecule has 10 heavy (non-hydrogen) atoms. The summed E-state index contributed by atoms with van der Waals surface area (Å²) < 4.78 is 0. The molecule has 0 aromatic heterocycles. The number of hydrogen-bond donors (Lipinski definition) is 0. The molecular weight excluding hydrogens is 197 g/mol. The van der Waals surface area contributed by atoms with Gasteiger partial charge in [0.2, 0.25) is 0 Å². The normalized spacial score (nSPS) is 7.40. The first-order valence-electron chi connectivity index (χ1n) is 2.73. The molecule has 0 spiro atoms. The Hall–Kier alpha value is 0.324. The molecule has 0 unspecified atom stereocenters. The van der Waals surface area contributed by atoms with E-state index in [1.54, 1.807) is 0 Å². The molecule has 0 aliphatic carbocycles. The summed E-state index contributed by atoms with van der Waals surface area (Å²) in [7, 11) is 0. The zero-order valence-corrected chi connectivity index (χ0v) is 9.65. The molecule has 0 N–H and O–H groups in total. The van der Waals surface area contributed by atoms with E-state index in [4.69, 9.17) is 0 Å². The molecule has 0 heterocycles. The molecule has 0 aliphatic heterocycles. The Labute approximate surface area is 88.9 Å². The minimum absolute atomic E-state index is 0. The minimum Gasteiger partial charge on any atom is -0.358 e. The van der Waals surface area contributed by atoms with Gasteiger partial charge in [-0.05, 0) is 0 Å². The van der Waals surface area contributed by atoms with Crippen LogP contribution in [-0.4, -0.2) is 0 Å². The van der Waals surface area contributed by atoms with Crippen LogP contribution in [0, 0.1) is 27.3 Å². The Balaban J connectivity index is 0. The van der Waals surface area contributed by atoms with Crippen LogP contribution in [0.25, 0.3) is 0 Å². The van der Waals surface area contributed by atoms with E-state index < -0.39 is 0 Å². The molecule has 0 amide bonds. The fourth-order valence-corrected chi connectivity index (χ4v) is 0.747. The number of benzene rings is 1. The van der Waals surface area contributed by atoms with Crippen LogP contribution in [0.15, 0.2) is 18.2 Å². The van der Waals surface area contributed by atoms with Gasteiger partial charge < -0.3 is 7.43 Å². The van der Waals surface area contributed by atoms with Crippen LogP contribution in [0.5, 0.6) is 0 Å². The largest absolute Gasteiger partial charge is 0.358 e. The van der Waals surface area contributed by atoms with Gasteiger partial charge in [-0.15, -0.1) is 0 Å². The van der Waals surface area contributed by atoms with Crippen molar-refractivity contribution in [1.29, 1.82) is 0 Å². The summed E-state index contributed by atoms with van der Waals surface area (Å²) in [6.45, 7) is 4.15. The Morgan fingerprint density at radius 3 is 1.70 bits per heavy atom. The molecule has 1 aromatic rings. The van der Waals surface area contributed by atoms with Gasteiger partial charge in [-0.1, -0.05) is 13.8 Å². The van der Waals surface area contributed by atoms with Crippen LogP contribution in [0.4, 0.5) is 0 Å². The van der Waals surface area contributed by atoms with Crippen LogP contribution in [0.2, 0.25) is 0 Å². The fourth-order valence-electron chi connectivity index (χ4n) is 0.747. The maximum atomic E-state index is 3.03. The summed E-state index contributed by atoms with van der Waals surface area (Å²) in [4.78, 5) is 0. The predicted octanol–water partition coefficient (Wildman–Crippen LogP) is 2.55. The van der Waals surface area contributed by atoms with Crippen molar-refractivity contribution in [2.75, 3.05) is 0 Å². The standard InChI is InChI=1S/C8H9.CH3.Y/c1-7-4-3-5-8(2)6-7;;/h4-6H,1-2H3;1H3;/q2*-1;. The molecule has 0 saturated carbocycles. The van der Waals surface area contributed by atoms with E-state index in [-0.39, 0.29) is 40.1 Å². The van der Waals surface area contributed by atoms with E-state index in [1.807, 2.05) is 12.1 Å². The van der Waals surface area contributed by atoms with E-state index in [0.29, 0.717) is 0 Å². The molecule has 0 nitrogen and oxygen atoms in total. The summed E-state index contributed by atoms with van der Waals surface area (Å²) in [5, 5.41) is 0. The molecule has 1 rings (SSSR count). The summed E-state index contributed by atoms with van der Waals surface area (Å²) in [5.74, 6) is 0. The van der Waals surface area contributed by atoms with E-state index in [2.05, 4.69) is 26.0 Å². The van der Waals surface area contributed by atoms with Gasteiger partial charge in [0, 0.05) is 32.7 Å². The number of rotatable bonds is 0. The van der Waals surface area contributed by atoms with Crippen LogP contribution >= 0.6 is 0 Å². The van der Waals surface area contributed by atoms with E-state index in [1.165, 1.54) is 11.1 Å². The summed E-state index contributed by atoms with van der Waals surface area (Å²) in [6, 6.07) is 9.12. The third-order valence-electron chi connectivity index (χ3n) is 1.08. The van der Waals surface area contributed by atoms with E-state index in [0.717, 1.165) is 0 Å². The third-order valence-corrected chi connectivity index (χ3v) is 1.08. The van der Waals surface area contributed by atoms with Crippen molar-refractivity contribution in [3.05, 3.63) is 42.8 Å². The Bertz CT molecular complexity index is 165. The fraction of sp³-hybridized carbons (Fsp3) is 0.222. The monoisotopic (exact) mass is 209 g/mol. The number of aryl methyl sites for hydroxylation is 2. The first-order valence-corrected chi connectivity index (χ1v) is 2.73. The Kier molecular flexibility index (Phi) is 7.85. The zero-order valence-electron chi connectivity index (χ0n) is 6.81. The molecule has 53 valence electrons. The van der Waals surface area contributed by atoms with Gasteiger partial charge in [-0.3, -0.25) is 0 Å². The van der Waals surface area contributed by atoms with E-state index in [9.17, 15) is 0 Å². The van der Waals surface area contributed by atoms with Crippen LogP contribution < -0.4 is 0 Å². The average Bonchev–Trinajstić information content (AvgIpc) is 1.64. The molecule has 1 radical (unpaired) electrons. The molecule has 1 heteroatoms. The first-order chi connectivity index (χ1) is 3.79. The molecule has 0 atom stereocenters. The van der Waals surface area contributed by atoms with Crippen molar-refractivity contribution < 1.29 is 32.7 Å². The SMILES string of the molecule is Cc1c[c-]cc(C)c1.[CH3-].[Y]. The van der Waals surface area contributed by atoms with Gasteiger partial charge in [0.15, 0.2) is 0 Å².